The highest BCUT2D eigenvalue weighted by atomic mass is 79.9. The number of nitrogens with zero attached hydrogens (tertiary/aromatic N) is 2. The van der Waals surface area contributed by atoms with Gasteiger partial charge in [0.25, 0.3) is 11.7 Å². The van der Waals surface area contributed by atoms with E-state index < -0.39 is 17.7 Å². The Morgan fingerprint density at radius 3 is 2.32 bits per heavy atom. The van der Waals surface area contributed by atoms with E-state index >= 15 is 0 Å². The van der Waals surface area contributed by atoms with E-state index in [4.69, 9.17) is 16.3 Å². The number of rotatable bonds is 5. The molecule has 1 N–H and O–H groups in total. The molecule has 2 aliphatic heterocycles. The molecule has 162 valence electrons. The lowest BCUT2D eigenvalue weighted by molar-refractivity contribution is -0.140. The zero-order valence-electron chi connectivity index (χ0n) is 16.8. The van der Waals surface area contributed by atoms with E-state index in [0.717, 1.165) is 23.1 Å². The fourth-order valence-corrected chi connectivity index (χ4v) is 4.33. The molecule has 6 nitrogen and oxygen atoms in total. The van der Waals surface area contributed by atoms with E-state index in [2.05, 4.69) is 20.8 Å². The summed E-state index contributed by atoms with van der Waals surface area (Å²) in [6, 6.07) is 13.3. The number of ketones is 1. The zero-order valence-corrected chi connectivity index (χ0v) is 19.1. The average Bonchev–Trinajstić information content (AvgIpc) is 3.04. The molecule has 0 spiro atoms. The van der Waals surface area contributed by atoms with Crippen molar-refractivity contribution in [3.8, 4) is 0 Å². The van der Waals surface area contributed by atoms with E-state index in [0.29, 0.717) is 36.9 Å². The average molecular weight is 506 g/mol. The van der Waals surface area contributed by atoms with Crippen LogP contribution in [0.5, 0.6) is 0 Å². The third kappa shape index (κ3) is 4.70. The molecule has 2 aromatic rings. The summed E-state index contributed by atoms with van der Waals surface area (Å²) >= 11 is 9.42. The van der Waals surface area contributed by atoms with Gasteiger partial charge in [0.05, 0.1) is 24.8 Å². The van der Waals surface area contributed by atoms with Gasteiger partial charge in [0.15, 0.2) is 0 Å². The van der Waals surface area contributed by atoms with Gasteiger partial charge in [0.2, 0.25) is 0 Å². The quantitative estimate of drug-likeness (QED) is 0.380. The molecule has 4 rings (SSSR count). The van der Waals surface area contributed by atoms with Gasteiger partial charge in [-0.3, -0.25) is 14.5 Å². The van der Waals surface area contributed by atoms with Crippen molar-refractivity contribution in [2.24, 2.45) is 0 Å². The fraction of sp³-hybridized carbons (Fsp3) is 0.304. The van der Waals surface area contributed by atoms with Crippen LogP contribution in [0.1, 0.15) is 17.2 Å². The van der Waals surface area contributed by atoms with Crippen LogP contribution >= 0.6 is 27.5 Å². The number of hydrogen-bond acceptors (Lipinski definition) is 5. The van der Waals surface area contributed by atoms with E-state index in [1.165, 1.54) is 0 Å². The molecule has 1 unspecified atom stereocenters. The first-order valence-corrected chi connectivity index (χ1v) is 11.2. The number of benzene rings is 2. The van der Waals surface area contributed by atoms with Crippen molar-refractivity contribution in [2.75, 3.05) is 39.4 Å². The lowest BCUT2D eigenvalue weighted by atomic mass is 9.95. The van der Waals surface area contributed by atoms with Crippen LogP contribution in [0.25, 0.3) is 5.76 Å². The standard InChI is InChI=1S/C23H22BrClN2O4/c24-17-5-1-16(2-6-17)21(28)19-20(15-3-7-18(25)8-4-15)27(23(30)22(19)29)10-9-26-11-13-31-14-12-26/h1-8,20,28H,9-14H2/b21-19-. The van der Waals surface area contributed by atoms with E-state index in [-0.39, 0.29) is 11.3 Å². The third-order valence-electron chi connectivity index (χ3n) is 5.60. The molecule has 2 saturated heterocycles. The van der Waals surface area contributed by atoms with Gasteiger partial charge in [0.1, 0.15) is 5.76 Å². The second-order valence-electron chi connectivity index (χ2n) is 7.50. The van der Waals surface area contributed by atoms with E-state index in [1.54, 1.807) is 53.4 Å². The van der Waals surface area contributed by atoms with Gasteiger partial charge < -0.3 is 14.7 Å². The molecule has 2 aromatic carbocycles. The van der Waals surface area contributed by atoms with Crippen LogP contribution in [0.2, 0.25) is 5.02 Å². The number of halogens is 2. The van der Waals surface area contributed by atoms with Crippen LogP contribution in [0, 0.1) is 0 Å². The van der Waals surface area contributed by atoms with Crippen LogP contribution in [0.3, 0.4) is 0 Å². The zero-order chi connectivity index (χ0) is 22.0. The lowest BCUT2D eigenvalue weighted by Gasteiger charge is -2.31. The Labute approximate surface area is 194 Å². The molecule has 0 aliphatic carbocycles. The second-order valence-corrected chi connectivity index (χ2v) is 8.86. The highest BCUT2D eigenvalue weighted by molar-refractivity contribution is 9.10. The van der Waals surface area contributed by atoms with Gasteiger partial charge in [-0.05, 0) is 29.8 Å². The molecule has 0 saturated carbocycles. The van der Waals surface area contributed by atoms with Crippen molar-refractivity contribution >= 4 is 45.0 Å². The van der Waals surface area contributed by atoms with Gasteiger partial charge in [-0.2, -0.15) is 0 Å². The summed E-state index contributed by atoms with van der Waals surface area (Å²) in [7, 11) is 0. The molecule has 1 amide bonds. The maximum atomic E-state index is 13.0. The minimum absolute atomic E-state index is 0.0941. The van der Waals surface area contributed by atoms with Crippen LogP contribution < -0.4 is 0 Å². The maximum absolute atomic E-state index is 13.0. The first-order chi connectivity index (χ1) is 15.0. The van der Waals surface area contributed by atoms with Crippen LogP contribution in [0.15, 0.2) is 58.6 Å². The highest BCUT2D eigenvalue weighted by Crippen LogP contribution is 2.39. The number of aliphatic hydroxyl groups excluding tert-OH is 1. The molecule has 31 heavy (non-hydrogen) atoms. The van der Waals surface area contributed by atoms with Crippen molar-refractivity contribution in [3.63, 3.8) is 0 Å². The first kappa shape index (κ1) is 22.0. The van der Waals surface area contributed by atoms with E-state index in [1.807, 2.05) is 0 Å². The Bertz CT molecular complexity index is 1000. The topological polar surface area (TPSA) is 70.1 Å². The number of likely N-dealkylation sites (tertiary alicyclic amines) is 1. The molecule has 0 aromatic heterocycles. The van der Waals surface area contributed by atoms with Crippen molar-refractivity contribution in [2.45, 2.75) is 6.04 Å². The van der Waals surface area contributed by atoms with Crippen molar-refractivity contribution < 1.29 is 19.4 Å². The lowest BCUT2D eigenvalue weighted by Crippen LogP contribution is -2.42. The Morgan fingerprint density at radius 1 is 1.03 bits per heavy atom. The molecule has 2 heterocycles. The normalized spacial score (nSPS) is 21.6. The second kappa shape index (κ2) is 9.53. The Hall–Kier alpha value is -2.19. The Kier molecular flexibility index (Phi) is 6.77. The minimum atomic E-state index is -0.679. The third-order valence-corrected chi connectivity index (χ3v) is 6.38. The predicted octanol–water partition coefficient (Wildman–Crippen LogP) is 3.86. The molecule has 2 fully saturated rings. The minimum Gasteiger partial charge on any atom is -0.507 e. The van der Waals surface area contributed by atoms with Gasteiger partial charge >= 0.3 is 0 Å². The largest absolute Gasteiger partial charge is 0.507 e. The number of amides is 1. The molecular weight excluding hydrogens is 484 g/mol. The van der Waals surface area contributed by atoms with Crippen molar-refractivity contribution in [1.29, 1.82) is 0 Å². The SMILES string of the molecule is O=C1C(=O)N(CCN2CCOCC2)C(c2ccc(Cl)cc2)/C1=C(/O)c1ccc(Br)cc1. The fourth-order valence-electron chi connectivity index (χ4n) is 3.94. The number of hydrogen-bond donors (Lipinski definition) is 1. The van der Waals surface area contributed by atoms with Crippen molar-refractivity contribution in [3.05, 3.63) is 74.7 Å². The predicted molar refractivity (Wildman–Crippen MR) is 122 cm³/mol. The smallest absolute Gasteiger partial charge is 0.295 e. The molecular formula is C23H22BrClN2O4. The number of morpholine rings is 1. The monoisotopic (exact) mass is 504 g/mol. The van der Waals surface area contributed by atoms with Gasteiger partial charge in [-0.1, -0.05) is 51.8 Å². The summed E-state index contributed by atoms with van der Waals surface area (Å²) in [6.45, 7) is 3.88. The Balaban J connectivity index is 1.72. The molecule has 2 aliphatic rings. The highest BCUT2D eigenvalue weighted by Gasteiger charge is 2.46. The molecule has 8 heteroatoms. The van der Waals surface area contributed by atoms with Crippen LogP contribution in [-0.4, -0.2) is 66.0 Å². The summed E-state index contributed by atoms with van der Waals surface area (Å²) in [5.41, 5.74) is 1.30. The summed E-state index contributed by atoms with van der Waals surface area (Å²) in [5, 5.41) is 11.6. The van der Waals surface area contributed by atoms with Crippen LogP contribution in [0.4, 0.5) is 0 Å². The number of aliphatic hydroxyl groups is 1. The van der Waals surface area contributed by atoms with Gasteiger partial charge in [-0.25, -0.2) is 0 Å². The molecule has 1 atom stereocenters. The number of carbonyl (C=O) groups is 2. The number of Topliss-reactive ketones (excluding diaryl/α,β-unsaturated/α-hetero) is 1. The number of carbonyl (C=O) groups excluding carboxylic acids is 2. The molecule has 0 bridgehead atoms. The van der Waals surface area contributed by atoms with Gasteiger partial charge in [0, 0.05) is 41.2 Å². The Morgan fingerprint density at radius 2 is 1.68 bits per heavy atom. The van der Waals surface area contributed by atoms with Crippen LogP contribution in [-0.2, 0) is 14.3 Å². The molecule has 0 radical (unpaired) electrons. The van der Waals surface area contributed by atoms with Gasteiger partial charge in [-0.15, -0.1) is 0 Å². The summed E-state index contributed by atoms with van der Waals surface area (Å²) in [4.78, 5) is 29.8. The maximum Gasteiger partial charge on any atom is 0.295 e. The van der Waals surface area contributed by atoms with E-state index in [9.17, 15) is 14.7 Å². The summed E-state index contributed by atoms with van der Waals surface area (Å²) in [6.07, 6.45) is 0. The first-order valence-electron chi connectivity index (χ1n) is 10.1. The number of ether oxygens (including phenoxy) is 1. The summed E-state index contributed by atoms with van der Waals surface area (Å²) in [5.74, 6) is -1.46. The van der Waals surface area contributed by atoms with Crippen molar-refractivity contribution in [1.82, 2.24) is 9.80 Å². The summed E-state index contributed by atoms with van der Waals surface area (Å²) < 4.78 is 6.24.